The number of nitrogen functional groups attached to an aromatic ring is 1. The standard InChI is InChI=1S/C21H21N5O3.2C2HF3O2/c22-19(23)16-7-10-26-12-17(24-18(26)11-16)13-1-3-14(4-2-13)20(27)25-8-5-15(6-9-25)21(28)29;2*3-2(4,5)1(6)7/h1-4,7,10-12,15H,5-6,8-9H2,(H3,22,23)(H,28,29);2*(H,6,7). The van der Waals surface area contributed by atoms with Gasteiger partial charge < -0.3 is 30.4 Å². The Morgan fingerprint density at radius 2 is 1.35 bits per heavy atom. The largest absolute Gasteiger partial charge is 0.490 e. The molecule has 18 heteroatoms. The van der Waals surface area contributed by atoms with Gasteiger partial charge in [-0.1, -0.05) is 12.1 Å². The highest BCUT2D eigenvalue weighted by molar-refractivity contribution is 5.96. The lowest BCUT2D eigenvalue weighted by Gasteiger charge is -2.30. The number of nitrogens with one attached hydrogen (secondary N) is 1. The number of hydrogen-bond acceptors (Lipinski definition) is 6. The Kier molecular flexibility index (Phi) is 10.8. The molecule has 1 amide bonds. The van der Waals surface area contributed by atoms with E-state index >= 15 is 0 Å². The number of carboxylic acid groups (broad SMARTS) is 3. The zero-order chi connectivity index (χ0) is 32.7. The van der Waals surface area contributed by atoms with Crippen LogP contribution >= 0.6 is 0 Å². The van der Waals surface area contributed by atoms with Crippen molar-refractivity contribution in [3.8, 4) is 11.3 Å². The van der Waals surface area contributed by atoms with Crippen molar-refractivity contribution in [2.45, 2.75) is 25.2 Å². The molecule has 1 saturated heterocycles. The van der Waals surface area contributed by atoms with E-state index < -0.39 is 30.3 Å². The summed E-state index contributed by atoms with van der Waals surface area (Å²) in [4.78, 5) is 47.8. The summed E-state index contributed by atoms with van der Waals surface area (Å²) >= 11 is 0. The summed E-state index contributed by atoms with van der Waals surface area (Å²) in [6.45, 7) is 0.922. The lowest BCUT2D eigenvalue weighted by Crippen LogP contribution is -2.40. The van der Waals surface area contributed by atoms with Gasteiger partial charge in [0.2, 0.25) is 0 Å². The third-order valence-corrected chi connectivity index (χ3v) is 5.82. The number of carbonyl (C=O) groups excluding carboxylic acids is 1. The molecule has 6 N–H and O–H groups in total. The molecule has 0 atom stereocenters. The Labute approximate surface area is 237 Å². The third-order valence-electron chi connectivity index (χ3n) is 5.82. The second-order valence-corrected chi connectivity index (χ2v) is 8.81. The molecule has 0 bridgehead atoms. The van der Waals surface area contributed by atoms with Crippen molar-refractivity contribution in [2.75, 3.05) is 13.1 Å². The molecule has 1 aliphatic heterocycles. The average Bonchev–Trinajstić information content (AvgIpc) is 3.36. The van der Waals surface area contributed by atoms with Crippen molar-refractivity contribution in [3.63, 3.8) is 0 Å². The number of amidine groups is 1. The minimum atomic E-state index is -5.08. The van der Waals surface area contributed by atoms with Crippen LogP contribution in [0.3, 0.4) is 0 Å². The van der Waals surface area contributed by atoms with Crippen LogP contribution in [0.25, 0.3) is 16.9 Å². The Morgan fingerprint density at radius 1 is 0.860 bits per heavy atom. The lowest BCUT2D eigenvalue weighted by molar-refractivity contribution is -0.193. The van der Waals surface area contributed by atoms with Gasteiger partial charge in [-0.05, 0) is 37.1 Å². The summed E-state index contributed by atoms with van der Waals surface area (Å²) in [6, 6.07) is 10.8. The first-order valence-corrected chi connectivity index (χ1v) is 11.9. The van der Waals surface area contributed by atoms with Gasteiger partial charge in [0.1, 0.15) is 11.5 Å². The van der Waals surface area contributed by atoms with Crippen LogP contribution in [0.5, 0.6) is 0 Å². The maximum Gasteiger partial charge on any atom is 0.490 e. The molecule has 3 aromatic rings. The van der Waals surface area contributed by atoms with E-state index in [1.54, 1.807) is 35.4 Å². The first-order chi connectivity index (χ1) is 19.8. The number of benzene rings is 1. The van der Waals surface area contributed by atoms with Crippen LogP contribution in [0, 0.1) is 11.3 Å². The van der Waals surface area contributed by atoms with E-state index in [4.69, 9.17) is 36.1 Å². The number of carboxylic acids is 3. The van der Waals surface area contributed by atoms with Gasteiger partial charge in [-0.15, -0.1) is 0 Å². The quantitative estimate of drug-likeness (QED) is 0.165. The molecule has 2 aromatic heterocycles. The second kappa shape index (κ2) is 13.7. The molecule has 0 aliphatic carbocycles. The fourth-order valence-electron chi connectivity index (χ4n) is 3.58. The number of aliphatic carboxylic acids is 3. The molecule has 1 aliphatic rings. The number of fused-ring (bicyclic) bond motifs is 1. The van der Waals surface area contributed by atoms with Crippen LogP contribution in [0.15, 0.2) is 48.8 Å². The number of alkyl halides is 6. The summed E-state index contributed by atoms with van der Waals surface area (Å²) in [5, 5.41) is 30.9. The first kappa shape index (κ1) is 34.0. The Balaban J connectivity index is 0.000000384. The van der Waals surface area contributed by atoms with Crippen molar-refractivity contribution < 1.29 is 60.8 Å². The number of amides is 1. The van der Waals surface area contributed by atoms with Gasteiger partial charge in [0, 0.05) is 42.2 Å². The molecule has 43 heavy (non-hydrogen) atoms. The summed E-state index contributed by atoms with van der Waals surface area (Å²) in [7, 11) is 0. The summed E-state index contributed by atoms with van der Waals surface area (Å²) in [6.07, 6.45) is -5.50. The van der Waals surface area contributed by atoms with Gasteiger partial charge in [0.15, 0.2) is 0 Å². The van der Waals surface area contributed by atoms with Gasteiger partial charge in [-0.3, -0.25) is 15.0 Å². The molecule has 1 fully saturated rings. The number of aromatic nitrogens is 2. The van der Waals surface area contributed by atoms with Crippen LogP contribution in [-0.2, 0) is 14.4 Å². The van der Waals surface area contributed by atoms with Crippen LogP contribution in [0.4, 0.5) is 26.3 Å². The van der Waals surface area contributed by atoms with Crippen molar-refractivity contribution in [2.24, 2.45) is 11.7 Å². The molecule has 0 radical (unpaired) electrons. The SMILES string of the molecule is N=C(N)c1ccn2cc(-c3ccc(C(=O)N4CCC(C(=O)O)CC4)cc3)nc2c1.O=C(O)C(F)(F)F.O=C(O)C(F)(F)F. The van der Waals surface area contributed by atoms with Crippen LogP contribution < -0.4 is 5.73 Å². The van der Waals surface area contributed by atoms with Gasteiger partial charge in [-0.25, -0.2) is 14.6 Å². The van der Waals surface area contributed by atoms with E-state index in [0.29, 0.717) is 42.7 Å². The zero-order valence-electron chi connectivity index (χ0n) is 21.7. The van der Waals surface area contributed by atoms with E-state index in [0.717, 1.165) is 11.3 Å². The van der Waals surface area contributed by atoms with E-state index in [1.165, 1.54) is 0 Å². The number of imidazole rings is 1. The molecule has 232 valence electrons. The predicted octanol–water partition coefficient (Wildman–Crippen LogP) is 3.49. The van der Waals surface area contributed by atoms with E-state index in [9.17, 15) is 35.9 Å². The smallest absolute Gasteiger partial charge is 0.481 e. The monoisotopic (exact) mass is 619 g/mol. The maximum absolute atomic E-state index is 12.7. The first-order valence-electron chi connectivity index (χ1n) is 11.9. The number of carbonyl (C=O) groups is 4. The second-order valence-electron chi connectivity index (χ2n) is 8.81. The number of nitrogens with zero attached hydrogens (tertiary/aromatic N) is 3. The number of hydrogen-bond donors (Lipinski definition) is 5. The number of rotatable bonds is 4. The fraction of sp³-hybridized carbons (Fsp3) is 0.280. The number of halogens is 6. The van der Waals surface area contributed by atoms with Crippen LogP contribution in [-0.4, -0.2) is 84.7 Å². The molecular formula is C25H23F6N5O7. The topological polar surface area (TPSA) is 199 Å². The number of pyridine rings is 1. The van der Waals surface area contributed by atoms with Gasteiger partial charge in [0.25, 0.3) is 5.91 Å². The summed E-state index contributed by atoms with van der Waals surface area (Å²) in [5.41, 5.74) is 9.04. The zero-order valence-corrected chi connectivity index (χ0v) is 21.7. The molecule has 3 heterocycles. The van der Waals surface area contributed by atoms with E-state index in [-0.39, 0.29) is 17.7 Å². The van der Waals surface area contributed by atoms with Gasteiger partial charge >= 0.3 is 30.3 Å². The molecule has 0 saturated carbocycles. The van der Waals surface area contributed by atoms with Crippen molar-refractivity contribution >= 4 is 35.3 Å². The van der Waals surface area contributed by atoms with Crippen molar-refractivity contribution in [1.29, 1.82) is 5.41 Å². The number of likely N-dealkylation sites (tertiary alicyclic amines) is 1. The summed E-state index contributed by atoms with van der Waals surface area (Å²) in [5.74, 6) is -6.75. The molecule has 0 spiro atoms. The highest BCUT2D eigenvalue weighted by Crippen LogP contribution is 2.23. The third kappa shape index (κ3) is 9.72. The van der Waals surface area contributed by atoms with Crippen LogP contribution in [0.2, 0.25) is 0 Å². The normalized spacial score (nSPS) is 13.7. The van der Waals surface area contributed by atoms with Gasteiger partial charge in [0.05, 0.1) is 11.6 Å². The minimum absolute atomic E-state index is 0.00713. The molecular weight excluding hydrogens is 596 g/mol. The van der Waals surface area contributed by atoms with Crippen molar-refractivity contribution in [3.05, 3.63) is 59.9 Å². The number of nitrogens with two attached hydrogens (primary N) is 1. The minimum Gasteiger partial charge on any atom is -0.481 e. The van der Waals surface area contributed by atoms with Crippen LogP contribution in [0.1, 0.15) is 28.8 Å². The summed E-state index contributed by atoms with van der Waals surface area (Å²) < 4.78 is 65.3. The average molecular weight is 619 g/mol. The Hall–Kier alpha value is -5.16. The van der Waals surface area contributed by atoms with E-state index in [2.05, 4.69) is 4.98 Å². The van der Waals surface area contributed by atoms with E-state index in [1.807, 2.05) is 22.7 Å². The maximum atomic E-state index is 12.7. The van der Waals surface area contributed by atoms with Crippen molar-refractivity contribution in [1.82, 2.24) is 14.3 Å². The number of piperidine rings is 1. The molecule has 1 aromatic carbocycles. The highest BCUT2D eigenvalue weighted by atomic mass is 19.4. The fourth-order valence-corrected chi connectivity index (χ4v) is 3.58. The molecule has 0 unspecified atom stereocenters. The Morgan fingerprint density at radius 3 is 1.77 bits per heavy atom. The predicted molar refractivity (Wildman–Crippen MR) is 135 cm³/mol. The molecule has 4 rings (SSSR count). The Bertz CT molecular complexity index is 1470. The molecule has 12 nitrogen and oxygen atoms in total. The van der Waals surface area contributed by atoms with Gasteiger partial charge in [-0.2, -0.15) is 26.3 Å². The lowest BCUT2D eigenvalue weighted by atomic mass is 9.96. The highest BCUT2D eigenvalue weighted by Gasteiger charge is 2.39.